The number of amidine groups is 1. The van der Waals surface area contributed by atoms with E-state index in [-0.39, 0.29) is 5.25 Å². The van der Waals surface area contributed by atoms with Gasteiger partial charge in [0.2, 0.25) is 0 Å². The molecule has 0 aliphatic carbocycles. The van der Waals surface area contributed by atoms with Gasteiger partial charge in [-0.3, -0.25) is 0 Å². The fourth-order valence-electron chi connectivity index (χ4n) is 2.65. The first kappa shape index (κ1) is 15.4. The Morgan fingerprint density at radius 3 is 2.50 bits per heavy atom. The number of hydrogen-bond acceptors (Lipinski definition) is 3. The molecule has 1 heterocycles. The number of halogens is 1. The van der Waals surface area contributed by atoms with Gasteiger partial charge in [-0.25, -0.2) is 4.99 Å². The van der Waals surface area contributed by atoms with Gasteiger partial charge in [-0.05, 0) is 43.2 Å². The van der Waals surface area contributed by atoms with E-state index in [0.29, 0.717) is 0 Å². The van der Waals surface area contributed by atoms with Gasteiger partial charge in [0.1, 0.15) is 0 Å². The van der Waals surface area contributed by atoms with Crippen molar-refractivity contribution in [1.82, 2.24) is 4.90 Å². The van der Waals surface area contributed by atoms with Crippen molar-refractivity contribution in [2.45, 2.75) is 19.1 Å². The summed E-state index contributed by atoms with van der Waals surface area (Å²) in [6.07, 6.45) is 0. The van der Waals surface area contributed by atoms with Crippen LogP contribution in [0.1, 0.15) is 30.2 Å². The third kappa shape index (κ3) is 3.01. The second kappa shape index (κ2) is 6.76. The lowest BCUT2D eigenvalue weighted by Crippen LogP contribution is -2.30. The van der Waals surface area contributed by atoms with Crippen LogP contribution in [0.15, 0.2) is 53.5 Å². The molecule has 0 saturated carbocycles. The Morgan fingerprint density at radius 2 is 1.82 bits per heavy atom. The van der Waals surface area contributed by atoms with E-state index in [1.165, 1.54) is 11.1 Å². The molecule has 0 aromatic heterocycles. The second-order valence-electron chi connectivity index (χ2n) is 5.18. The zero-order valence-corrected chi connectivity index (χ0v) is 14.4. The molecule has 2 aromatic rings. The lowest BCUT2D eigenvalue weighted by Gasteiger charge is -2.30. The van der Waals surface area contributed by atoms with Crippen molar-refractivity contribution in [3.63, 3.8) is 0 Å². The highest BCUT2D eigenvalue weighted by atomic mass is 35.5. The van der Waals surface area contributed by atoms with Crippen LogP contribution in [-0.4, -0.2) is 23.2 Å². The minimum Gasteiger partial charge on any atom is -0.352 e. The van der Waals surface area contributed by atoms with Crippen LogP contribution in [0.3, 0.4) is 0 Å². The third-order valence-corrected chi connectivity index (χ3v) is 5.40. The molecule has 3 rings (SSSR count). The Balaban J connectivity index is 2.09. The molecule has 1 aliphatic heterocycles. The number of thioether (sulfide) groups is 1. The molecule has 0 spiro atoms. The summed E-state index contributed by atoms with van der Waals surface area (Å²) in [6, 6.07) is 16.6. The summed E-state index contributed by atoms with van der Waals surface area (Å²) in [6.45, 7) is 6.27. The van der Waals surface area contributed by atoms with E-state index in [0.717, 1.165) is 29.0 Å². The molecule has 0 fully saturated rings. The zero-order chi connectivity index (χ0) is 15.5. The molecule has 22 heavy (non-hydrogen) atoms. The van der Waals surface area contributed by atoms with Crippen LogP contribution in [0.2, 0.25) is 5.02 Å². The first-order chi connectivity index (χ1) is 10.7. The number of rotatable bonds is 3. The lowest BCUT2D eigenvalue weighted by atomic mass is 10.0. The molecular weight excluding hydrogens is 312 g/mol. The molecule has 0 saturated heterocycles. The van der Waals surface area contributed by atoms with Gasteiger partial charge in [0.25, 0.3) is 0 Å². The minimum atomic E-state index is 0.239. The highest BCUT2D eigenvalue weighted by Crippen LogP contribution is 2.46. The Bertz CT molecular complexity index is 681. The standard InChI is InChI=1S/C18H19ClN2S/c1-3-21(4-2)18-20-16-11-10-14(19)12-15(16)17(22-18)13-8-6-5-7-9-13/h5-12,17H,3-4H2,1-2H3. The van der Waals surface area contributed by atoms with Crippen molar-refractivity contribution in [3.8, 4) is 0 Å². The minimum absolute atomic E-state index is 0.239. The molecule has 0 radical (unpaired) electrons. The van der Waals surface area contributed by atoms with E-state index in [4.69, 9.17) is 16.6 Å². The monoisotopic (exact) mass is 330 g/mol. The Labute approximate surface area is 141 Å². The quantitative estimate of drug-likeness (QED) is 0.737. The fraction of sp³-hybridized carbons (Fsp3) is 0.278. The van der Waals surface area contributed by atoms with Crippen molar-refractivity contribution in [2.24, 2.45) is 4.99 Å². The van der Waals surface area contributed by atoms with Gasteiger partial charge in [-0.1, -0.05) is 53.7 Å². The van der Waals surface area contributed by atoms with Gasteiger partial charge in [0, 0.05) is 18.1 Å². The lowest BCUT2D eigenvalue weighted by molar-refractivity contribution is 0.474. The number of fused-ring (bicyclic) bond motifs is 1. The first-order valence-corrected chi connectivity index (χ1v) is 8.83. The van der Waals surface area contributed by atoms with Crippen LogP contribution < -0.4 is 0 Å². The average Bonchev–Trinajstić information content (AvgIpc) is 2.56. The molecule has 0 N–H and O–H groups in total. The topological polar surface area (TPSA) is 15.6 Å². The normalized spacial score (nSPS) is 16.9. The first-order valence-electron chi connectivity index (χ1n) is 7.57. The van der Waals surface area contributed by atoms with Gasteiger partial charge in [0.05, 0.1) is 10.9 Å². The highest BCUT2D eigenvalue weighted by Gasteiger charge is 2.27. The van der Waals surface area contributed by atoms with Crippen LogP contribution in [0.4, 0.5) is 5.69 Å². The van der Waals surface area contributed by atoms with Crippen LogP contribution in [0, 0.1) is 0 Å². The zero-order valence-electron chi connectivity index (χ0n) is 12.8. The number of hydrogen-bond donors (Lipinski definition) is 0. The molecular formula is C18H19ClN2S. The van der Waals surface area contributed by atoms with E-state index < -0.39 is 0 Å². The largest absolute Gasteiger partial charge is 0.352 e. The molecule has 114 valence electrons. The van der Waals surface area contributed by atoms with Crippen LogP contribution >= 0.6 is 23.4 Å². The maximum absolute atomic E-state index is 6.21. The maximum atomic E-state index is 6.21. The SMILES string of the molecule is CCN(CC)C1=Nc2ccc(Cl)cc2C(c2ccccc2)S1. The van der Waals surface area contributed by atoms with Gasteiger partial charge >= 0.3 is 0 Å². The summed E-state index contributed by atoms with van der Waals surface area (Å²) in [7, 11) is 0. The third-order valence-electron chi connectivity index (χ3n) is 3.85. The fourth-order valence-corrected chi connectivity index (χ4v) is 4.21. The van der Waals surface area contributed by atoms with Crippen molar-refractivity contribution in [3.05, 3.63) is 64.7 Å². The van der Waals surface area contributed by atoms with Crippen LogP contribution in [0.25, 0.3) is 0 Å². The predicted octanol–water partition coefficient (Wildman–Crippen LogP) is 5.51. The molecule has 1 aliphatic rings. The van der Waals surface area contributed by atoms with Crippen molar-refractivity contribution >= 4 is 34.2 Å². The average molecular weight is 331 g/mol. The Hall–Kier alpha value is -1.45. The van der Waals surface area contributed by atoms with E-state index in [1.807, 2.05) is 30.0 Å². The molecule has 2 aromatic carbocycles. The summed E-state index contributed by atoms with van der Waals surface area (Å²) in [5.41, 5.74) is 3.51. The molecule has 1 unspecified atom stereocenters. The predicted molar refractivity (Wildman–Crippen MR) is 97.3 cm³/mol. The van der Waals surface area contributed by atoms with Crippen LogP contribution in [0.5, 0.6) is 0 Å². The van der Waals surface area contributed by atoms with Gasteiger partial charge < -0.3 is 4.90 Å². The highest BCUT2D eigenvalue weighted by molar-refractivity contribution is 8.14. The molecule has 2 nitrogen and oxygen atoms in total. The molecule has 4 heteroatoms. The Kier molecular flexibility index (Phi) is 4.74. The van der Waals surface area contributed by atoms with Crippen molar-refractivity contribution < 1.29 is 0 Å². The van der Waals surface area contributed by atoms with E-state index in [2.05, 4.69) is 49.1 Å². The van der Waals surface area contributed by atoms with Gasteiger partial charge in [-0.15, -0.1) is 0 Å². The van der Waals surface area contributed by atoms with Crippen LogP contribution in [-0.2, 0) is 0 Å². The smallest absolute Gasteiger partial charge is 0.165 e. The second-order valence-corrected chi connectivity index (χ2v) is 6.69. The summed E-state index contributed by atoms with van der Waals surface area (Å²) < 4.78 is 0. The van der Waals surface area contributed by atoms with E-state index in [1.54, 1.807) is 0 Å². The van der Waals surface area contributed by atoms with Gasteiger partial charge in [0.15, 0.2) is 5.17 Å². The number of benzene rings is 2. The molecule has 1 atom stereocenters. The van der Waals surface area contributed by atoms with Gasteiger partial charge in [-0.2, -0.15) is 0 Å². The van der Waals surface area contributed by atoms with E-state index >= 15 is 0 Å². The molecule has 0 amide bonds. The van der Waals surface area contributed by atoms with E-state index in [9.17, 15) is 0 Å². The molecule has 0 bridgehead atoms. The number of aliphatic imine (C=N–C) groups is 1. The summed E-state index contributed by atoms with van der Waals surface area (Å²) in [4.78, 5) is 7.15. The number of nitrogens with zero attached hydrogens (tertiary/aromatic N) is 2. The van der Waals surface area contributed by atoms with Crippen molar-refractivity contribution in [1.29, 1.82) is 0 Å². The summed E-state index contributed by atoms with van der Waals surface area (Å²) in [5.74, 6) is 0. The Morgan fingerprint density at radius 1 is 1.09 bits per heavy atom. The summed E-state index contributed by atoms with van der Waals surface area (Å²) in [5, 5.41) is 2.10. The summed E-state index contributed by atoms with van der Waals surface area (Å²) >= 11 is 8.03. The maximum Gasteiger partial charge on any atom is 0.165 e. The van der Waals surface area contributed by atoms with Crippen molar-refractivity contribution in [2.75, 3.05) is 13.1 Å².